The fraction of sp³-hybridized carbons (Fsp3) is 0.556. The smallest absolute Gasteiger partial charge is 0.0528 e. The molecule has 11 heavy (non-hydrogen) atoms. The summed E-state index contributed by atoms with van der Waals surface area (Å²) in [7, 11) is 0. The van der Waals surface area contributed by atoms with Crippen molar-refractivity contribution in [1.29, 1.82) is 0 Å². The average Bonchev–Trinajstić information content (AvgIpc) is 2.08. The van der Waals surface area contributed by atoms with Crippen molar-refractivity contribution in [3.63, 3.8) is 0 Å². The van der Waals surface area contributed by atoms with E-state index in [1.807, 2.05) is 27.7 Å². The Bertz CT molecular complexity index is 104. The zero-order chi connectivity index (χ0) is 9.70. The van der Waals surface area contributed by atoms with Gasteiger partial charge in [-0.05, 0) is 6.92 Å². The summed E-state index contributed by atoms with van der Waals surface area (Å²) in [6.45, 7) is 16.6. The fourth-order valence-electron chi connectivity index (χ4n) is 0.139. The Balaban J connectivity index is -0.000000138. The summed E-state index contributed by atoms with van der Waals surface area (Å²) >= 11 is 0. The van der Waals surface area contributed by atoms with Gasteiger partial charge in [-0.3, -0.25) is 0 Å². The van der Waals surface area contributed by atoms with Gasteiger partial charge >= 0.3 is 0 Å². The Morgan fingerprint density at radius 3 is 1.64 bits per heavy atom. The standard InChI is InChI=1S/C5H8N2.2C2H6/c1-4-6-7-5(2)3;2*1-2/h4H,1-2H2,3H3;2*1-2H3. The van der Waals surface area contributed by atoms with Crippen LogP contribution in [0.2, 0.25) is 0 Å². The third kappa shape index (κ3) is 48.0. The molecule has 0 aromatic rings. The van der Waals surface area contributed by atoms with Crippen molar-refractivity contribution in [2.24, 2.45) is 10.2 Å². The molecule has 0 unspecified atom stereocenters. The molecule has 66 valence electrons. The van der Waals surface area contributed by atoms with E-state index >= 15 is 0 Å². The van der Waals surface area contributed by atoms with E-state index < -0.39 is 0 Å². The zero-order valence-electron chi connectivity index (χ0n) is 8.39. The summed E-state index contributed by atoms with van der Waals surface area (Å²) in [5.41, 5.74) is 0.694. The average molecular weight is 156 g/mol. The quantitative estimate of drug-likeness (QED) is 0.536. The highest BCUT2D eigenvalue weighted by Gasteiger charge is 1.67. The maximum Gasteiger partial charge on any atom is 0.0528 e. The lowest BCUT2D eigenvalue weighted by Crippen LogP contribution is -1.54. The van der Waals surface area contributed by atoms with Gasteiger partial charge in [0.25, 0.3) is 0 Å². The second-order valence-electron chi connectivity index (χ2n) is 1.13. The minimum atomic E-state index is 0.694. The Kier molecular flexibility index (Phi) is 34.6. The van der Waals surface area contributed by atoms with Crippen molar-refractivity contribution >= 4 is 0 Å². The molecule has 0 bridgehead atoms. The summed E-state index contributed by atoms with van der Waals surface area (Å²) in [5.74, 6) is 0. The van der Waals surface area contributed by atoms with Crippen LogP contribution < -0.4 is 0 Å². The van der Waals surface area contributed by atoms with E-state index in [0.29, 0.717) is 5.70 Å². The van der Waals surface area contributed by atoms with Gasteiger partial charge in [0.15, 0.2) is 0 Å². The molecular weight excluding hydrogens is 136 g/mol. The number of hydrogen-bond acceptors (Lipinski definition) is 2. The maximum atomic E-state index is 3.56. The highest BCUT2D eigenvalue weighted by molar-refractivity contribution is 4.82. The normalized spacial score (nSPS) is 7.00. The molecular formula is C9H20N2. The molecule has 0 heterocycles. The molecule has 0 fully saturated rings. The lowest BCUT2D eigenvalue weighted by molar-refractivity contribution is 1.13. The van der Waals surface area contributed by atoms with Crippen LogP contribution in [0.1, 0.15) is 34.6 Å². The van der Waals surface area contributed by atoms with Crippen LogP contribution in [0.5, 0.6) is 0 Å². The van der Waals surface area contributed by atoms with Crippen LogP contribution in [0.15, 0.2) is 35.3 Å². The molecule has 0 atom stereocenters. The highest BCUT2D eigenvalue weighted by Crippen LogP contribution is 1.87. The Hall–Kier alpha value is -0.920. The minimum Gasteiger partial charge on any atom is -0.160 e. The van der Waals surface area contributed by atoms with Crippen LogP contribution in [-0.2, 0) is 0 Å². The number of allylic oxidation sites excluding steroid dienone is 1. The molecule has 0 rings (SSSR count). The van der Waals surface area contributed by atoms with E-state index in [1.165, 1.54) is 6.20 Å². The molecule has 0 aliphatic rings. The van der Waals surface area contributed by atoms with E-state index in [2.05, 4.69) is 23.4 Å². The van der Waals surface area contributed by atoms with Crippen molar-refractivity contribution in [3.8, 4) is 0 Å². The molecule has 0 radical (unpaired) electrons. The summed E-state index contributed by atoms with van der Waals surface area (Å²) < 4.78 is 0. The molecule has 0 aliphatic carbocycles. The molecule has 0 aromatic heterocycles. The van der Waals surface area contributed by atoms with Crippen molar-refractivity contribution in [2.45, 2.75) is 34.6 Å². The van der Waals surface area contributed by atoms with Gasteiger partial charge in [0, 0.05) is 6.20 Å². The van der Waals surface area contributed by atoms with E-state index in [4.69, 9.17) is 0 Å². The first-order valence-corrected chi connectivity index (χ1v) is 3.94. The third-order valence-corrected chi connectivity index (χ3v) is 0.310. The summed E-state index contributed by atoms with van der Waals surface area (Å²) in [4.78, 5) is 0. The summed E-state index contributed by atoms with van der Waals surface area (Å²) in [6.07, 6.45) is 1.37. The topological polar surface area (TPSA) is 24.7 Å². The summed E-state index contributed by atoms with van der Waals surface area (Å²) in [5, 5.41) is 7.02. The molecule has 0 aliphatic heterocycles. The Morgan fingerprint density at radius 1 is 1.18 bits per heavy atom. The predicted molar refractivity (Wildman–Crippen MR) is 52.6 cm³/mol. The minimum absolute atomic E-state index is 0.694. The second-order valence-corrected chi connectivity index (χ2v) is 1.13. The predicted octanol–water partition coefficient (Wildman–Crippen LogP) is 4.17. The van der Waals surface area contributed by atoms with Gasteiger partial charge in [-0.25, -0.2) is 0 Å². The van der Waals surface area contributed by atoms with E-state index in [9.17, 15) is 0 Å². The number of azo groups is 1. The van der Waals surface area contributed by atoms with Gasteiger partial charge in [0.05, 0.1) is 5.70 Å². The van der Waals surface area contributed by atoms with Crippen molar-refractivity contribution in [1.82, 2.24) is 0 Å². The highest BCUT2D eigenvalue weighted by atomic mass is 15.1. The molecule has 0 aromatic carbocycles. The summed E-state index contributed by atoms with van der Waals surface area (Å²) in [6, 6.07) is 0. The first-order valence-electron chi connectivity index (χ1n) is 3.94. The van der Waals surface area contributed by atoms with E-state index in [0.717, 1.165) is 0 Å². The largest absolute Gasteiger partial charge is 0.160 e. The zero-order valence-corrected chi connectivity index (χ0v) is 8.39. The van der Waals surface area contributed by atoms with Crippen LogP contribution in [0.25, 0.3) is 0 Å². The lowest BCUT2D eigenvalue weighted by atomic mass is 10.6. The maximum absolute atomic E-state index is 3.56. The Morgan fingerprint density at radius 2 is 1.55 bits per heavy atom. The molecule has 2 nitrogen and oxygen atoms in total. The van der Waals surface area contributed by atoms with Crippen molar-refractivity contribution in [3.05, 3.63) is 25.1 Å². The van der Waals surface area contributed by atoms with Crippen LogP contribution >= 0.6 is 0 Å². The van der Waals surface area contributed by atoms with Crippen LogP contribution in [-0.4, -0.2) is 0 Å². The first-order chi connectivity index (χ1) is 5.27. The molecule has 0 saturated heterocycles. The molecule has 0 spiro atoms. The third-order valence-electron chi connectivity index (χ3n) is 0.310. The molecule has 0 amide bonds. The number of rotatable bonds is 2. The fourth-order valence-corrected chi connectivity index (χ4v) is 0.139. The van der Waals surface area contributed by atoms with Crippen LogP contribution in [0.3, 0.4) is 0 Å². The molecule has 0 saturated carbocycles. The molecule has 2 heteroatoms. The van der Waals surface area contributed by atoms with E-state index in [-0.39, 0.29) is 0 Å². The first kappa shape index (κ1) is 16.6. The van der Waals surface area contributed by atoms with Gasteiger partial charge in [0.2, 0.25) is 0 Å². The monoisotopic (exact) mass is 156 g/mol. The van der Waals surface area contributed by atoms with Gasteiger partial charge in [-0.1, -0.05) is 40.9 Å². The van der Waals surface area contributed by atoms with Crippen LogP contribution in [0.4, 0.5) is 0 Å². The molecule has 0 N–H and O–H groups in total. The van der Waals surface area contributed by atoms with Gasteiger partial charge in [-0.15, -0.1) is 0 Å². The SMILES string of the molecule is C=CN=NC(=C)C.CC.CC. The van der Waals surface area contributed by atoms with Crippen molar-refractivity contribution < 1.29 is 0 Å². The van der Waals surface area contributed by atoms with Gasteiger partial charge < -0.3 is 0 Å². The number of nitrogens with zero attached hydrogens (tertiary/aromatic N) is 2. The van der Waals surface area contributed by atoms with Gasteiger partial charge in [0.1, 0.15) is 0 Å². The van der Waals surface area contributed by atoms with Crippen LogP contribution in [0, 0.1) is 0 Å². The second kappa shape index (κ2) is 23.0. The van der Waals surface area contributed by atoms with Gasteiger partial charge in [-0.2, -0.15) is 10.2 Å². The van der Waals surface area contributed by atoms with E-state index in [1.54, 1.807) is 6.92 Å². The number of hydrogen-bond donors (Lipinski definition) is 0. The lowest BCUT2D eigenvalue weighted by Gasteiger charge is -1.76. The van der Waals surface area contributed by atoms with Crippen molar-refractivity contribution in [2.75, 3.05) is 0 Å². The Labute approximate surface area is 70.7 Å².